The molecule has 2 fully saturated rings. The van der Waals surface area contributed by atoms with Crippen LogP contribution in [0.2, 0.25) is 5.02 Å². The molecular formula is C19H19Cl3N4O2. The number of para-hydroxylation sites is 1. The highest BCUT2D eigenvalue weighted by molar-refractivity contribution is 6.53. The predicted molar refractivity (Wildman–Crippen MR) is 111 cm³/mol. The summed E-state index contributed by atoms with van der Waals surface area (Å²) in [6, 6.07) is 9.12. The standard InChI is InChI=1S/C19H19Cl3N4O2/c1-18(12-19(18,21)22)17(28)25-9-7-24(8-10-25)14-11-23-26(16(27)15(14)20)13-5-3-2-4-6-13/h2-6,11H,7-10,12H2,1H3/t18-/m0/s1. The lowest BCUT2D eigenvalue weighted by Crippen LogP contribution is -2.51. The molecule has 1 aromatic heterocycles. The molecule has 1 aliphatic heterocycles. The Labute approximate surface area is 177 Å². The van der Waals surface area contributed by atoms with E-state index in [4.69, 9.17) is 34.8 Å². The first-order valence-corrected chi connectivity index (χ1v) is 10.1. The highest BCUT2D eigenvalue weighted by Gasteiger charge is 2.68. The molecule has 9 heteroatoms. The maximum atomic E-state index is 12.7. The third-order valence-electron chi connectivity index (χ3n) is 5.54. The number of piperazine rings is 1. The molecule has 0 unspecified atom stereocenters. The lowest BCUT2D eigenvalue weighted by molar-refractivity contribution is -0.136. The van der Waals surface area contributed by atoms with Crippen LogP contribution in [0.4, 0.5) is 5.69 Å². The van der Waals surface area contributed by atoms with Crippen molar-refractivity contribution in [2.24, 2.45) is 5.41 Å². The zero-order valence-electron chi connectivity index (χ0n) is 15.2. The normalized spacial score (nSPS) is 23.6. The van der Waals surface area contributed by atoms with Gasteiger partial charge in [-0.1, -0.05) is 29.8 Å². The Balaban J connectivity index is 1.49. The molecule has 0 spiro atoms. The van der Waals surface area contributed by atoms with Crippen LogP contribution in [-0.2, 0) is 4.79 Å². The van der Waals surface area contributed by atoms with E-state index < -0.39 is 9.75 Å². The largest absolute Gasteiger partial charge is 0.365 e. The summed E-state index contributed by atoms with van der Waals surface area (Å²) in [6.45, 7) is 3.92. The quantitative estimate of drug-likeness (QED) is 0.687. The van der Waals surface area contributed by atoms with Crippen LogP contribution in [0.5, 0.6) is 0 Å². The highest BCUT2D eigenvalue weighted by Crippen LogP contribution is 2.64. The number of hydrogen-bond acceptors (Lipinski definition) is 4. The Kier molecular flexibility index (Phi) is 4.84. The molecule has 0 radical (unpaired) electrons. The van der Waals surface area contributed by atoms with Crippen molar-refractivity contribution in [2.75, 3.05) is 31.1 Å². The van der Waals surface area contributed by atoms with E-state index in [2.05, 4.69) is 5.10 Å². The summed E-state index contributed by atoms with van der Waals surface area (Å²) < 4.78 is 0.302. The van der Waals surface area contributed by atoms with Gasteiger partial charge < -0.3 is 9.80 Å². The molecule has 0 bridgehead atoms. The van der Waals surface area contributed by atoms with Crippen molar-refractivity contribution in [3.8, 4) is 5.69 Å². The van der Waals surface area contributed by atoms with Crippen molar-refractivity contribution < 1.29 is 4.79 Å². The summed E-state index contributed by atoms with van der Waals surface area (Å²) in [7, 11) is 0. The molecule has 2 heterocycles. The van der Waals surface area contributed by atoms with Gasteiger partial charge in [-0.2, -0.15) is 9.78 Å². The number of nitrogens with zero attached hydrogens (tertiary/aromatic N) is 4. The maximum Gasteiger partial charge on any atom is 0.292 e. The lowest BCUT2D eigenvalue weighted by Gasteiger charge is -2.37. The minimum Gasteiger partial charge on any atom is -0.365 e. The van der Waals surface area contributed by atoms with Crippen molar-refractivity contribution >= 4 is 46.4 Å². The number of hydrogen-bond donors (Lipinski definition) is 0. The van der Waals surface area contributed by atoms with Crippen LogP contribution < -0.4 is 10.5 Å². The zero-order chi connectivity index (χ0) is 20.1. The van der Waals surface area contributed by atoms with Crippen LogP contribution in [0.1, 0.15) is 13.3 Å². The van der Waals surface area contributed by atoms with Crippen molar-refractivity contribution in [1.82, 2.24) is 14.7 Å². The molecule has 0 N–H and O–H groups in total. The molecule has 4 rings (SSSR count). The van der Waals surface area contributed by atoms with E-state index in [0.29, 0.717) is 44.0 Å². The minimum atomic E-state index is -0.976. The van der Waals surface area contributed by atoms with Gasteiger partial charge in [0.1, 0.15) is 9.36 Å². The smallest absolute Gasteiger partial charge is 0.292 e. The molecule has 2 aliphatic rings. The minimum absolute atomic E-state index is 0.0270. The molecule has 6 nitrogen and oxygen atoms in total. The lowest BCUT2D eigenvalue weighted by atomic mass is 10.1. The maximum absolute atomic E-state index is 12.7. The van der Waals surface area contributed by atoms with Crippen molar-refractivity contribution in [3.63, 3.8) is 0 Å². The number of carbonyl (C=O) groups excluding carboxylic acids is 1. The summed E-state index contributed by atoms with van der Waals surface area (Å²) in [5.41, 5.74) is 0.143. The number of aromatic nitrogens is 2. The number of amides is 1. The highest BCUT2D eigenvalue weighted by atomic mass is 35.5. The molecular weight excluding hydrogens is 423 g/mol. The summed E-state index contributed by atoms with van der Waals surface area (Å²) in [6.07, 6.45) is 2.06. The van der Waals surface area contributed by atoms with Gasteiger partial charge in [-0.3, -0.25) is 9.59 Å². The van der Waals surface area contributed by atoms with Crippen LogP contribution in [0.3, 0.4) is 0 Å². The van der Waals surface area contributed by atoms with E-state index in [9.17, 15) is 9.59 Å². The Bertz CT molecular complexity index is 971. The monoisotopic (exact) mass is 440 g/mol. The second-order valence-corrected chi connectivity index (χ2v) is 9.25. The van der Waals surface area contributed by atoms with E-state index in [0.717, 1.165) is 0 Å². The molecule has 28 heavy (non-hydrogen) atoms. The molecule has 2 aromatic rings. The van der Waals surface area contributed by atoms with Crippen molar-refractivity contribution in [1.29, 1.82) is 0 Å². The summed E-state index contributed by atoms with van der Waals surface area (Å²) in [4.78, 5) is 29.1. The van der Waals surface area contributed by atoms with Gasteiger partial charge in [0, 0.05) is 26.2 Å². The topological polar surface area (TPSA) is 58.4 Å². The van der Waals surface area contributed by atoms with E-state index in [1.807, 2.05) is 23.1 Å². The summed E-state index contributed by atoms with van der Waals surface area (Å²) in [5, 5.41) is 4.39. The van der Waals surface area contributed by atoms with E-state index in [-0.39, 0.29) is 16.5 Å². The second-order valence-electron chi connectivity index (χ2n) is 7.39. The van der Waals surface area contributed by atoms with Gasteiger partial charge in [0.15, 0.2) is 0 Å². The molecule has 1 aliphatic carbocycles. The van der Waals surface area contributed by atoms with E-state index in [1.165, 1.54) is 4.68 Å². The Morgan fingerprint density at radius 3 is 2.29 bits per heavy atom. The molecule has 148 valence electrons. The van der Waals surface area contributed by atoms with Crippen molar-refractivity contribution in [2.45, 2.75) is 17.7 Å². The fourth-order valence-corrected chi connectivity index (χ4v) is 4.47. The Morgan fingerprint density at radius 1 is 1.11 bits per heavy atom. The average Bonchev–Trinajstić information content (AvgIpc) is 3.23. The van der Waals surface area contributed by atoms with Crippen molar-refractivity contribution in [3.05, 3.63) is 51.9 Å². The molecule has 1 aromatic carbocycles. The van der Waals surface area contributed by atoms with Gasteiger partial charge in [0.2, 0.25) is 5.91 Å². The fraction of sp³-hybridized carbons (Fsp3) is 0.421. The summed E-state index contributed by atoms with van der Waals surface area (Å²) in [5.74, 6) is -0.0270. The summed E-state index contributed by atoms with van der Waals surface area (Å²) >= 11 is 18.6. The molecule has 1 amide bonds. The van der Waals surface area contributed by atoms with Gasteiger partial charge in [-0.05, 0) is 25.5 Å². The molecule has 1 saturated heterocycles. The average molecular weight is 442 g/mol. The Hall–Kier alpha value is -1.76. The Morgan fingerprint density at radius 2 is 1.71 bits per heavy atom. The van der Waals surface area contributed by atoms with E-state index >= 15 is 0 Å². The van der Waals surface area contributed by atoms with E-state index in [1.54, 1.807) is 30.2 Å². The first kappa shape index (κ1) is 19.6. The number of carbonyl (C=O) groups is 1. The first-order valence-electron chi connectivity index (χ1n) is 9.00. The van der Waals surface area contributed by atoms with Crippen LogP contribution in [0.15, 0.2) is 41.3 Å². The first-order chi connectivity index (χ1) is 13.2. The molecule has 1 atom stereocenters. The number of halogens is 3. The van der Waals surface area contributed by atoms with Gasteiger partial charge in [-0.15, -0.1) is 23.2 Å². The number of rotatable bonds is 3. The van der Waals surface area contributed by atoms with Gasteiger partial charge >= 0.3 is 0 Å². The van der Waals surface area contributed by atoms with Crippen LogP contribution in [0.25, 0.3) is 5.69 Å². The van der Waals surface area contributed by atoms with Gasteiger partial charge in [0.05, 0.1) is 23.0 Å². The third-order valence-corrected chi connectivity index (χ3v) is 7.00. The number of anilines is 1. The molecule has 1 saturated carbocycles. The van der Waals surface area contributed by atoms with Crippen LogP contribution in [0, 0.1) is 5.41 Å². The van der Waals surface area contributed by atoms with Crippen LogP contribution >= 0.6 is 34.8 Å². The van der Waals surface area contributed by atoms with Gasteiger partial charge in [0.25, 0.3) is 5.56 Å². The third kappa shape index (κ3) is 3.17. The zero-order valence-corrected chi connectivity index (χ0v) is 17.5. The predicted octanol–water partition coefficient (Wildman–Crippen LogP) is 3.12. The van der Waals surface area contributed by atoms with Crippen LogP contribution in [-0.4, -0.2) is 51.1 Å². The number of benzene rings is 1. The van der Waals surface area contributed by atoms with Gasteiger partial charge in [-0.25, -0.2) is 0 Å². The fourth-order valence-electron chi connectivity index (χ4n) is 3.53. The SMILES string of the molecule is C[C@@]1(C(=O)N2CCN(c3cnn(-c4ccccc4)c(=O)c3Cl)CC2)CC1(Cl)Cl. The second kappa shape index (κ2) is 6.94. The number of alkyl halides is 2.